The predicted octanol–water partition coefficient (Wildman–Crippen LogP) is 3.64. The smallest absolute Gasteiger partial charge is 0.308 e. The van der Waals surface area contributed by atoms with Crippen molar-refractivity contribution in [2.75, 3.05) is 0 Å². The van der Waals surface area contributed by atoms with E-state index in [-0.39, 0.29) is 16.9 Å². The molecule has 1 aliphatic rings. The van der Waals surface area contributed by atoms with Crippen LogP contribution in [0.2, 0.25) is 5.02 Å². The van der Waals surface area contributed by atoms with E-state index in [1.165, 1.54) is 0 Å². The van der Waals surface area contributed by atoms with Crippen LogP contribution in [0.5, 0.6) is 5.75 Å². The quantitative estimate of drug-likeness (QED) is 0.478. The highest BCUT2D eigenvalue weighted by atomic mass is 35.5. The third kappa shape index (κ3) is 2.88. The van der Waals surface area contributed by atoms with Crippen LogP contribution in [-0.2, 0) is 4.89 Å². The summed E-state index contributed by atoms with van der Waals surface area (Å²) in [6, 6.07) is 1.76. The fourth-order valence-electron chi connectivity index (χ4n) is 1.83. The maximum absolute atomic E-state index is 13.2. The highest BCUT2D eigenvalue weighted by molar-refractivity contribution is 6.32. The van der Waals surface area contributed by atoms with Gasteiger partial charge in [0.2, 0.25) is 5.82 Å². The molecule has 0 saturated heterocycles. The van der Waals surface area contributed by atoms with Gasteiger partial charge in [-0.05, 0) is 12.8 Å². The van der Waals surface area contributed by atoms with Crippen LogP contribution in [0.25, 0.3) is 0 Å². The molecule has 1 aliphatic carbocycles. The number of hydrogen-bond acceptors (Lipinski definition) is 4. The molecule has 98 valence electrons. The van der Waals surface area contributed by atoms with Crippen LogP contribution in [0.4, 0.5) is 10.1 Å². The van der Waals surface area contributed by atoms with Gasteiger partial charge in [-0.15, -0.1) is 0 Å². The second kappa shape index (κ2) is 5.49. The number of halogens is 2. The zero-order valence-electron chi connectivity index (χ0n) is 9.40. The molecule has 0 aliphatic heterocycles. The van der Waals surface area contributed by atoms with E-state index in [2.05, 4.69) is 0 Å². The minimum atomic E-state index is -1.00. The van der Waals surface area contributed by atoms with E-state index in [0.717, 1.165) is 37.8 Å². The van der Waals surface area contributed by atoms with Crippen LogP contribution < -0.4 is 4.89 Å². The summed E-state index contributed by atoms with van der Waals surface area (Å²) in [6.45, 7) is 0. The zero-order chi connectivity index (χ0) is 13.1. The maximum atomic E-state index is 13.2. The first kappa shape index (κ1) is 13.0. The van der Waals surface area contributed by atoms with Crippen molar-refractivity contribution in [3.05, 3.63) is 33.1 Å². The highest BCUT2D eigenvalue weighted by Crippen LogP contribution is 2.32. The van der Waals surface area contributed by atoms with Gasteiger partial charge in [0.1, 0.15) is 6.10 Å². The average Bonchev–Trinajstić information content (AvgIpc) is 2.80. The Bertz CT molecular complexity index is 463. The summed E-state index contributed by atoms with van der Waals surface area (Å²) in [5.74, 6) is -1.05. The van der Waals surface area contributed by atoms with E-state index in [4.69, 9.17) is 21.4 Å². The van der Waals surface area contributed by atoms with E-state index in [1.54, 1.807) is 0 Å². The van der Waals surface area contributed by atoms with E-state index in [1.807, 2.05) is 0 Å². The molecule has 0 spiro atoms. The number of benzene rings is 1. The third-order valence-electron chi connectivity index (χ3n) is 2.77. The number of nitrogens with zero attached hydrogens (tertiary/aromatic N) is 1. The average molecular weight is 276 g/mol. The minimum absolute atomic E-state index is 0.0369. The molecule has 1 fully saturated rings. The van der Waals surface area contributed by atoms with E-state index in [9.17, 15) is 14.5 Å². The van der Waals surface area contributed by atoms with Gasteiger partial charge < -0.3 is 4.89 Å². The molecule has 0 atom stereocenters. The molecule has 5 nitrogen and oxygen atoms in total. The lowest BCUT2D eigenvalue weighted by atomic mass is 10.3. The summed E-state index contributed by atoms with van der Waals surface area (Å²) < 4.78 is 13.2. The monoisotopic (exact) mass is 275 g/mol. The summed E-state index contributed by atoms with van der Waals surface area (Å²) >= 11 is 5.72. The second-order valence-electron chi connectivity index (χ2n) is 4.08. The summed E-state index contributed by atoms with van der Waals surface area (Å²) in [7, 11) is 0. The fourth-order valence-corrected chi connectivity index (χ4v) is 2.01. The van der Waals surface area contributed by atoms with Gasteiger partial charge in [-0.3, -0.25) is 10.1 Å². The third-order valence-corrected chi connectivity index (χ3v) is 3.07. The molecule has 1 saturated carbocycles. The van der Waals surface area contributed by atoms with Crippen molar-refractivity contribution < 1.29 is 19.1 Å². The van der Waals surface area contributed by atoms with Crippen molar-refractivity contribution >= 4 is 17.3 Å². The van der Waals surface area contributed by atoms with Gasteiger partial charge in [0.15, 0.2) is 5.75 Å². The first-order chi connectivity index (χ1) is 8.58. The normalized spacial score (nSPS) is 15.9. The molecule has 0 aromatic heterocycles. The lowest BCUT2D eigenvalue weighted by Crippen LogP contribution is -2.10. The fraction of sp³-hybridized carbons (Fsp3) is 0.455. The van der Waals surface area contributed by atoms with Gasteiger partial charge in [0, 0.05) is 6.07 Å². The largest absolute Gasteiger partial charge is 0.335 e. The molecule has 0 radical (unpaired) electrons. The van der Waals surface area contributed by atoms with Crippen molar-refractivity contribution in [1.29, 1.82) is 0 Å². The number of nitro groups is 1. The molecule has 0 bridgehead atoms. The SMILES string of the molecule is O=[N+]([O-])c1cc(OOC2CCCC2)c(Cl)cc1F. The Morgan fingerprint density at radius 2 is 2.06 bits per heavy atom. The van der Waals surface area contributed by atoms with Crippen LogP contribution in [0, 0.1) is 15.9 Å². The van der Waals surface area contributed by atoms with Gasteiger partial charge in [-0.25, -0.2) is 0 Å². The van der Waals surface area contributed by atoms with E-state index in [0.29, 0.717) is 0 Å². The molecule has 18 heavy (non-hydrogen) atoms. The van der Waals surface area contributed by atoms with Gasteiger partial charge in [-0.2, -0.15) is 9.28 Å². The number of hydrogen-bond donors (Lipinski definition) is 0. The first-order valence-corrected chi connectivity index (χ1v) is 5.92. The van der Waals surface area contributed by atoms with Gasteiger partial charge in [-0.1, -0.05) is 24.4 Å². The lowest BCUT2D eigenvalue weighted by molar-refractivity contribution is -0.387. The van der Waals surface area contributed by atoms with Crippen molar-refractivity contribution in [3.8, 4) is 5.75 Å². The van der Waals surface area contributed by atoms with Gasteiger partial charge in [0.05, 0.1) is 16.0 Å². The van der Waals surface area contributed by atoms with Crippen molar-refractivity contribution in [2.45, 2.75) is 31.8 Å². The Kier molecular flexibility index (Phi) is 3.98. The van der Waals surface area contributed by atoms with Gasteiger partial charge in [0.25, 0.3) is 0 Å². The summed E-state index contributed by atoms with van der Waals surface area (Å²) in [5, 5.41) is 10.5. The first-order valence-electron chi connectivity index (χ1n) is 5.54. The Hall–Kier alpha value is -1.40. The number of rotatable bonds is 4. The standard InChI is InChI=1S/C11H11ClFNO4/c12-8-5-9(13)10(14(15)16)6-11(8)18-17-7-3-1-2-4-7/h5-7H,1-4H2. The molecular weight excluding hydrogens is 265 g/mol. The molecule has 0 amide bonds. The van der Waals surface area contributed by atoms with Crippen LogP contribution in [0.15, 0.2) is 12.1 Å². The van der Waals surface area contributed by atoms with Crippen LogP contribution in [-0.4, -0.2) is 11.0 Å². The second-order valence-corrected chi connectivity index (χ2v) is 4.48. The summed E-state index contributed by atoms with van der Waals surface area (Å²) in [4.78, 5) is 19.8. The van der Waals surface area contributed by atoms with E-state index < -0.39 is 16.4 Å². The molecular formula is C11H11ClFNO4. The Morgan fingerprint density at radius 1 is 1.39 bits per heavy atom. The highest BCUT2D eigenvalue weighted by Gasteiger charge is 2.21. The van der Waals surface area contributed by atoms with Crippen molar-refractivity contribution in [2.24, 2.45) is 0 Å². The zero-order valence-corrected chi connectivity index (χ0v) is 10.2. The maximum Gasteiger partial charge on any atom is 0.308 e. The van der Waals surface area contributed by atoms with Crippen molar-refractivity contribution in [3.63, 3.8) is 0 Å². The summed E-state index contributed by atoms with van der Waals surface area (Å²) in [5.41, 5.74) is -0.690. The lowest BCUT2D eigenvalue weighted by Gasteiger charge is -2.11. The molecule has 1 aromatic rings. The minimum Gasteiger partial charge on any atom is -0.335 e. The Morgan fingerprint density at radius 3 is 2.67 bits per heavy atom. The topological polar surface area (TPSA) is 61.6 Å². The molecule has 1 aromatic carbocycles. The van der Waals surface area contributed by atoms with E-state index >= 15 is 0 Å². The Labute approximate surface area is 108 Å². The van der Waals surface area contributed by atoms with Gasteiger partial charge >= 0.3 is 5.69 Å². The van der Waals surface area contributed by atoms with Crippen LogP contribution >= 0.6 is 11.6 Å². The molecule has 7 heteroatoms. The predicted molar refractivity (Wildman–Crippen MR) is 62.0 cm³/mol. The molecule has 0 N–H and O–H groups in total. The summed E-state index contributed by atoms with van der Waals surface area (Å²) in [6.07, 6.45) is 3.84. The number of nitro benzene ring substituents is 1. The van der Waals surface area contributed by atoms with Crippen molar-refractivity contribution in [1.82, 2.24) is 0 Å². The molecule has 0 heterocycles. The van der Waals surface area contributed by atoms with Crippen LogP contribution in [0.3, 0.4) is 0 Å². The molecule has 0 unspecified atom stereocenters. The Balaban J connectivity index is 2.11. The van der Waals surface area contributed by atoms with Crippen LogP contribution in [0.1, 0.15) is 25.7 Å². The molecule has 2 rings (SSSR count).